The van der Waals surface area contributed by atoms with Gasteiger partial charge in [-0.05, 0) is 40.0 Å². The van der Waals surface area contributed by atoms with E-state index in [1.54, 1.807) is 25.3 Å². The molecule has 106 valence electrons. The number of urea groups is 1. The molecular weight excluding hydrogens is 312 g/mol. The van der Waals surface area contributed by atoms with Crippen molar-refractivity contribution < 1.29 is 14.6 Å². The van der Waals surface area contributed by atoms with E-state index in [4.69, 9.17) is 4.74 Å². The van der Waals surface area contributed by atoms with Crippen molar-refractivity contribution in [3.63, 3.8) is 0 Å². The van der Waals surface area contributed by atoms with Gasteiger partial charge < -0.3 is 20.5 Å². The maximum absolute atomic E-state index is 11.6. The lowest BCUT2D eigenvalue weighted by molar-refractivity contribution is 0.126. The fraction of sp³-hybridized carbons (Fsp3) is 0.462. The third-order valence-corrected chi connectivity index (χ3v) is 3.27. The van der Waals surface area contributed by atoms with Crippen molar-refractivity contribution in [2.45, 2.75) is 20.0 Å². The summed E-state index contributed by atoms with van der Waals surface area (Å²) in [6.45, 7) is 4.01. The van der Waals surface area contributed by atoms with Crippen LogP contribution in [-0.2, 0) is 0 Å². The smallest absolute Gasteiger partial charge is 0.319 e. The zero-order valence-electron chi connectivity index (χ0n) is 11.2. The number of amides is 2. The van der Waals surface area contributed by atoms with Crippen LogP contribution in [0.5, 0.6) is 5.75 Å². The van der Waals surface area contributed by atoms with Crippen LogP contribution in [0.1, 0.15) is 13.8 Å². The molecule has 1 rings (SSSR count). The number of carbonyl (C=O) groups is 1. The number of methoxy groups -OCH3 is 1. The molecule has 1 aromatic rings. The highest BCUT2D eigenvalue weighted by atomic mass is 79.9. The predicted octanol–water partition coefficient (Wildman–Crippen LogP) is 2.60. The maximum atomic E-state index is 11.6. The van der Waals surface area contributed by atoms with Gasteiger partial charge in [-0.1, -0.05) is 13.8 Å². The Balaban J connectivity index is 2.51. The number of benzene rings is 1. The molecule has 6 heteroatoms. The van der Waals surface area contributed by atoms with E-state index in [2.05, 4.69) is 26.6 Å². The first kappa shape index (κ1) is 15.8. The molecule has 0 radical (unpaired) electrons. The molecule has 2 amide bonds. The number of anilines is 1. The van der Waals surface area contributed by atoms with Gasteiger partial charge in [0.05, 0.1) is 17.7 Å². The third-order valence-electron chi connectivity index (χ3n) is 2.65. The largest absolute Gasteiger partial charge is 0.496 e. The van der Waals surface area contributed by atoms with Crippen LogP contribution < -0.4 is 15.4 Å². The maximum Gasteiger partial charge on any atom is 0.319 e. The number of hydrogen-bond donors (Lipinski definition) is 3. The molecule has 0 aliphatic rings. The molecule has 0 saturated carbocycles. The van der Waals surface area contributed by atoms with Crippen molar-refractivity contribution in [2.75, 3.05) is 19.0 Å². The minimum Gasteiger partial charge on any atom is -0.496 e. The molecule has 0 aromatic heterocycles. The van der Waals surface area contributed by atoms with Gasteiger partial charge in [0, 0.05) is 12.2 Å². The van der Waals surface area contributed by atoms with Crippen molar-refractivity contribution in [1.29, 1.82) is 0 Å². The number of hydrogen-bond acceptors (Lipinski definition) is 3. The van der Waals surface area contributed by atoms with Crippen LogP contribution in [0.15, 0.2) is 22.7 Å². The van der Waals surface area contributed by atoms with E-state index in [0.29, 0.717) is 11.4 Å². The van der Waals surface area contributed by atoms with Crippen LogP contribution in [0.2, 0.25) is 0 Å². The quantitative estimate of drug-likeness (QED) is 0.777. The van der Waals surface area contributed by atoms with Crippen LogP contribution in [0.4, 0.5) is 10.5 Å². The molecule has 0 aliphatic heterocycles. The Kier molecular flexibility index (Phi) is 6.11. The Hall–Kier alpha value is -1.27. The van der Waals surface area contributed by atoms with Crippen molar-refractivity contribution in [3.8, 4) is 5.75 Å². The van der Waals surface area contributed by atoms with Gasteiger partial charge >= 0.3 is 6.03 Å². The second-order valence-corrected chi connectivity index (χ2v) is 5.35. The summed E-state index contributed by atoms with van der Waals surface area (Å²) in [6, 6.07) is 4.89. The molecule has 0 fully saturated rings. The number of carbonyl (C=O) groups excluding carboxylic acids is 1. The summed E-state index contributed by atoms with van der Waals surface area (Å²) in [5.41, 5.74) is 0.643. The molecule has 0 bridgehead atoms. The topological polar surface area (TPSA) is 70.6 Å². The van der Waals surface area contributed by atoms with Crippen molar-refractivity contribution in [3.05, 3.63) is 22.7 Å². The Morgan fingerprint density at radius 3 is 2.68 bits per heavy atom. The first-order valence-corrected chi connectivity index (χ1v) is 6.79. The van der Waals surface area contributed by atoms with Crippen molar-refractivity contribution in [2.24, 2.45) is 5.92 Å². The first-order chi connectivity index (χ1) is 8.93. The van der Waals surface area contributed by atoms with Crippen molar-refractivity contribution in [1.82, 2.24) is 5.32 Å². The lowest BCUT2D eigenvalue weighted by atomic mass is 10.1. The van der Waals surface area contributed by atoms with Gasteiger partial charge in [-0.2, -0.15) is 0 Å². The normalized spacial score (nSPS) is 12.1. The second-order valence-electron chi connectivity index (χ2n) is 4.50. The van der Waals surface area contributed by atoms with Gasteiger partial charge in [0.15, 0.2) is 0 Å². The molecule has 0 aliphatic carbocycles. The average molecular weight is 331 g/mol. The summed E-state index contributed by atoms with van der Waals surface area (Å²) in [5, 5.41) is 14.9. The Morgan fingerprint density at radius 1 is 1.47 bits per heavy atom. The lowest BCUT2D eigenvalue weighted by Gasteiger charge is -2.15. The van der Waals surface area contributed by atoms with Gasteiger partial charge in [0.25, 0.3) is 0 Å². The van der Waals surface area contributed by atoms with Gasteiger partial charge in [0.1, 0.15) is 5.75 Å². The van der Waals surface area contributed by atoms with Crippen LogP contribution in [0.25, 0.3) is 0 Å². The monoisotopic (exact) mass is 330 g/mol. The number of nitrogens with one attached hydrogen (secondary N) is 2. The molecule has 0 spiro atoms. The standard InChI is InChI=1S/C13H19BrN2O3/c1-8(2)11(17)7-15-13(18)16-9-4-5-12(19-3)10(14)6-9/h4-6,8,11,17H,7H2,1-3H3,(H2,15,16,18)/t11-/m0/s1. The SMILES string of the molecule is COc1ccc(NC(=O)NC[C@H](O)C(C)C)cc1Br. The average Bonchev–Trinajstić information content (AvgIpc) is 2.36. The molecule has 1 aromatic carbocycles. The van der Waals surface area contributed by atoms with E-state index in [0.717, 1.165) is 4.47 Å². The predicted molar refractivity (Wildman–Crippen MR) is 78.6 cm³/mol. The molecule has 3 N–H and O–H groups in total. The number of rotatable bonds is 5. The van der Waals surface area contributed by atoms with E-state index in [1.807, 2.05) is 13.8 Å². The molecule has 5 nitrogen and oxygen atoms in total. The third kappa shape index (κ3) is 5.08. The van der Waals surface area contributed by atoms with E-state index >= 15 is 0 Å². The molecular formula is C13H19BrN2O3. The summed E-state index contributed by atoms with van der Waals surface area (Å²) in [5.74, 6) is 0.802. The second kappa shape index (κ2) is 7.35. The lowest BCUT2D eigenvalue weighted by Crippen LogP contribution is -2.37. The Morgan fingerprint density at radius 2 is 2.16 bits per heavy atom. The van der Waals surface area contributed by atoms with Gasteiger partial charge in [-0.15, -0.1) is 0 Å². The number of aliphatic hydroxyl groups is 1. The number of ether oxygens (including phenoxy) is 1. The summed E-state index contributed by atoms with van der Waals surface area (Å²) in [4.78, 5) is 11.6. The highest BCUT2D eigenvalue weighted by molar-refractivity contribution is 9.10. The minimum atomic E-state index is -0.548. The molecule has 0 unspecified atom stereocenters. The number of halogens is 1. The van der Waals surface area contributed by atoms with Crippen LogP contribution in [0, 0.1) is 5.92 Å². The highest BCUT2D eigenvalue weighted by Gasteiger charge is 2.11. The van der Waals surface area contributed by atoms with Gasteiger partial charge in [-0.3, -0.25) is 0 Å². The number of aliphatic hydroxyl groups excluding tert-OH is 1. The zero-order valence-corrected chi connectivity index (χ0v) is 12.8. The zero-order chi connectivity index (χ0) is 14.4. The van der Waals surface area contributed by atoms with E-state index in [-0.39, 0.29) is 18.5 Å². The highest BCUT2D eigenvalue weighted by Crippen LogP contribution is 2.27. The van der Waals surface area contributed by atoms with Gasteiger partial charge in [0.2, 0.25) is 0 Å². The van der Waals surface area contributed by atoms with Crippen molar-refractivity contribution >= 4 is 27.6 Å². The molecule has 1 atom stereocenters. The Bertz CT molecular complexity index is 438. The van der Waals surface area contributed by atoms with Crippen LogP contribution >= 0.6 is 15.9 Å². The first-order valence-electron chi connectivity index (χ1n) is 6.00. The van der Waals surface area contributed by atoms with E-state index in [1.165, 1.54) is 0 Å². The summed E-state index contributed by atoms with van der Waals surface area (Å²) in [7, 11) is 1.58. The minimum absolute atomic E-state index is 0.107. The van der Waals surface area contributed by atoms with E-state index in [9.17, 15) is 9.90 Å². The fourth-order valence-electron chi connectivity index (χ4n) is 1.35. The van der Waals surface area contributed by atoms with Crippen LogP contribution in [0.3, 0.4) is 0 Å². The Labute approximate surface area is 121 Å². The summed E-state index contributed by atoms with van der Waals surface area (Å²) < 4.78 is 5.86. The summed E-state index contributed by atoms with van der Waals surface area (Å²) in [6.07, 6.45) is -0.548. The van der Waals surface area contributed by atoms with Gasteiger partial charge in [-0.25, -0.2) is 4.79 Å². The molecule has 0 saturated heterocycles. The molecule has 19 heavy (non-hydrogen) atoms. The summed E-state index contributed by atoms with van der Waals surface area (Å²) >= 11 is 3.34. The fourth-order valence-corrected chi connectivity index (χ4v) is 1.89. The van der Waals surface area contributed by atoms with E-state index < -0.39 is 6.10 Å². The molecule has 0 heterocycles. The van der Waals surface area contributed by atoms with Crippen LogP contribution in [-0.4, -0.2) is 30.9 Å².